The molecule has 0 fully saturated rings. The van der Waals surface area contributed by atoms with Crippen LogP contribution in [0.3, 0.4) is 0 Å². The Labute approximate surface area is 139 Å². The molecule has 2 N–H and O–H groups in total. The largest absolute Gasteiger partial charge is 0.510 e. The standard InChI is InChI=1S/C18H17N3O3/c1-12(22)17(13(2)23)21-20-16-10-6-7-14(11-16)18(24)19-15-8-4-3-5-9-15/h3-11,22H,1-2H3,(H,19,24)/b17-12-,21-20?. The molecule has 0 bridgehead atoms. The topological polar surface area (TPSA) is 91.1 Å². The SMILES string of the molecule is CC(=O)/C(N=Nc1cccc(C(=O)Nc2ccccc2)c1)=C(\C)O. The molecule has 0 aromatic heterocycles. The van der Waals surface area contributed by atoms with Gasteiger partial charge in [0.25, 0.3) is 5.91 Å². The molecule has 0 saturated heterocycles. The Bertz CT molecular complexity index is 807. The second-order valence-electron chi connectivity index (χ2n) is 5.06. The van der Waals surface area contributed by atoms with Gasteiger partial charge in [0.2, 0.25) is 0 Å². The third kappa shape index (κ3) is 4.61. The molecule has 122 valence electrons. The van der Waals surface area contributed by atoms with Gasteiger partial charge in [-0.25, -0.2) is 0 Å². The van der Waals surface area contributed by atoms with Gasteiger partial charge in [-0.2, -0.15) is 5.11 Å². The van der Waals surface area contributed by atoms with Crippen LogP contribution in [0.4, 0.5) is 11.4 Å². The monoisotopic (exact) mass is 323 g/mol. The van der Waals surface area contributed by atoms with Crippen LogP contribution in [0, 0.1) is 0 Å². The Morgan fingerprint density at radius 1 is 1.00 bits per heavy atom. The van der Waals surface area contributed by atoms with E-state index >= 15 is 0 Å². The van der Waals surface area contributed by atoms with Gasteiger partial charge >= 0.3 is 0 Å². The highest BCUT2D eigenvalue weighted by atomic mass is 16.3. The summed E-state index contributed by atoms with van der Waals surface area (Å²) in [6.45, 7) is 2.65. The average molecular weight is 323 g/mol. The van der Waals surface area contributed by atoms with Crippen LogP contribution in [0.2, 0.25) is 0 Å². The third-order valence-corrected chi connectivity index (χ3v) is 3.08. The van der Waals surface area contributed by atoms with E-state index in [1.165, 1.54) is 13.8 Å². The molecule has 6 heteroatoms. The molecule has 6 nitrogen and oxygen atoms in total. The first kappa shape index (κ1) is 17.1. The van der Waals surface area contributed by atoms with Crippen molar-refractivity contribution in [3.63, 3.8) is 0 Å². The van der Waals surface area contributed by atoms with Crippen molar-refractivity contribution in [2.24, 2.45) is 10.2 Å². The van der Waals surface area contributed by atoms with E-state index in [1.807, 2.05) is 18.2 Å². The van der Waals surface area contributed by atoms with Crippen molar-refractivity contribution >= 4 is 23.1 Å². The fourth-order valence-electron chi connectivity index (χ4n) is 1.94. The molecule has 0 atom stereocenters. The summed E-state index contributed by atoms with van der Waals surface area (Å²) in [6, 6.07) is 15.6. The predicted octanol–water partition coefficient (Wildman–Crippen LogP) is 4.40. The van der Waals surface area contributed by atoms with Crippen LogP contribution in [-0.2, 0) is 4.79 Å². The zero-order valence-corrected chi connectivity index (χ0v) is 13.4. The summed E-state index contributed by atoms with van der Waals surface area (Å²) in [5.41, 5.74) is 1.38. The fourth-order valence-corrected chi connectivity index (χ4v) is 1.94. The van der Waals surface area contributed by atoms with E-state index in [2.05, 4.69) is 15.5 Å². The number of nitrogens with one attached hydrogen (secondary N) is 1. The number of Topliss-reactive ketones (excluding diaryl/α,β-unsaturated/α-hetero) is 1. The maximum Gasteiger partial charge on any atom is 0.255 e. The van der Waals surface area contributed by atoms with E-state index in [0.29, 0.717) is 16.9 Å². The number of aliphatic hydroxyl groups excluding tert-OH is 1. The van der Waals surface area contributed by atoms with Gasteiger partial charge < -0.3 is 10.4 Å². The van der Waals surface area contributed by atoms with Gasteiger partial charge in [-0.1, -0.05) is 24.3 Å². The Morgan fingerprint density at radius 2 is 1.71 bits per heavy atom. The number of para-hydroxylation sites is 1. The average Bonchev–Trinajstić information content (AvgIpc) is 2.55. The Morgan fingerprint density at radius 3 is 2.33 bits per heavy atom. The number of rotatable bonds is 5. The van der Waals surface area contributed by atoms with Gasteiger partial charge in [0.1, 0.15) is 5.76 Å². The highest BCUT2D eigenvalue weighted by Gasteiger charge is 2.08. The molecule has 2 aromatic carbocycles. The maximum atomic E-state index is 12.2. The van der Waals surface area contributed by atoms with Crippen molar-refractivity contribution in [1.29, 1.82) is 0 Å². The number of carbonyl (C=O) groups is 2. The lowest BCUT2D eigenvalue weighted by atomic mass is 10.2. The number of anilines is 1. The molecule has 0 spiro atoms. The molecule has 0 aliphatic carbocycles. The first-order chi connectivity index (χ1) is 11.5. The van der Waals surface area contributed by atoms with Crippen molar-refractivity contribution in [3.05, 3.63) is 71.6 Å². The number of nitrogens with zero attached hydrogens (tertiary/aromatic N) is 2. The molecule has 0 aliphatic rings. The number of hydrogen-bond acceptors (Lipinski definition) is 5. The van der Waals surface area contributed by atoms with Gasteiger partial charge in [-0.05, 0) is 37.3 Å². The fraction of sp³-hybridized carbons (Fsp3) is 0.111. The minimum absolute atomic E-state index is 0.117. The summed E-state index contributed by atoms with van der Waals surface area (Å²) in [4.78, 5) is 23.6. The van der Waals surface area contributed by atoms with Gasteiger partial charge in [-0.3, -0.25) is 9.59 Å². The van der Waals surface area contributed by atoms with Crippen molar-refractivity contribution < 1.29 is 14.7 Å². The lowest BCUT2D eigenvalue weighted by Crippen LogP contribution is -2.11. The van der Waals surface area contributed by atoms with Crippen molar-refractivity contribution in [3.8, 4) is 0 Å². The second kappa shape index (κ2) is 7.82. The van der Waals surface area contributed by atoms with E-state index in [-0.39, 0.29) is 17.4 Å². The van der Waals surface area contributed by atoms with Gasteiger partial charge in [0.15, 0.2) is 11.5 Å². The summed E-state index contributed by atoms with van der Waals surface area (Å²) in [5, 5.41) is 19.8. The Balaban J connectivity index is 2.18. The van der Waals surface area contributed by atoms with Crippen molar-refractivity contribution in [2.45, 2.75) is 13.8 Å². The Hall–Kier alpha value is -3.28. The number of carbonyl (C=O) groups excluding carboxylic acids is 2. The highest BCUT2D eigenvalue weighted by molar-refractivity contribution is 6.04. The quantitative estimate of drug-likeness (QED) is 0.485. The van der Waals surface area contributed by atoms with E-state index in [4.69, 9.17) is 0 Å². The lowest BCUT2D eigenvalue weighted by molar-refractivity contribution is -0.113. The molecule has 24 heavy (non-hydrogen) atoms. The zero-order valence-electron chi connectivity index (χ0n) is 13.4. The maximum absolute atomic E-state index is 12.2. The molecular formula is C18H17N3O3. The molecule has 1 amide bonds. The number of azo groups is 1. The molecule has 0 aliphatic heterocycles. The molecule has 0 unspecified atom stereocenters. The van der Waals surface area contributed by atoms with E-state index in [9.17, 15) is 14.7 Å². The van der Waals surface area contributed by atoms with Crippen LogP contribution in [0.5, 0.6) is 0 Å². The lowest BCUT2D eigenvalue weighted by Gasteiger charge is -2.05. The number of hydrogen-bond donors (Lipinski definition) is 2. The third-order valence-electron chi connectivity index (χ3n) is 3.08. The highest BCUT2D eigenvalue weighted by Crippen LogP contribution is 2.18. The van der Waals surface area contributed by atoms with E-state index in [1.54, 1.807) is 36.4 Å². The predicted molar refractivity (Wildman–Crippen MR) is 91.4 cm³/mol. The molecule has 0 radical (unpaired) electrons. The number of amides is 1. The van der Waals surface area contributed by atoms with Gasteiger partial charge in [-0.15, -0.1) is 5.11 Å². The number of benzene rings is 2. The van der Waals surface area contributed by atoms with Crippen LogP contribution in [0.1, 0.15) is 24.2 Å². The molecule has 0 saturated carbocycles. The number of ketones is 1. The van der Waals surface area contributed by atoms with Crippen LogP contribution in [0.15, 0.2) is 76.3 Å². The molecule has 0 heterocycles. The van der Waals surface area contributed by atoms with Crippen LogP contribution in [0.25, 0.3) is 0 Å². The molecular weight excluding hydrogens is 306 g/mol. The normalized spacial score (nSPS) is 11.9. The van der Waals surface area contributed by atoms with Crippen LogP contribution >= 0.6 is 0 Å². The summed E-state index contributed by atoms with van der Waals surface area (Å²) in [7, 11) is 0. The van der Waals surface area contributed by atoms with E-state index < -0.39 is 5.78 Å². The summed E-state index contributed by atoms with van der Waals surface area (Å²) >= 11 is 0. The molecule has 2 rings (SSSR count). The molecule has 2 aromatic rings. The van der Waals surface area contributed by atoms with Crippen molar-refractivity contribution in [2.75, 3.05) is 5.32 Å². The Kier molecular flexibility index (Phi) is 5.57. The smallest absolute Gasteiger partial charge is 0.255 e. The van der Waals surface area contributed by atoms with Crippen molar-refractivity contribution in [1.82, 2.24) is 0 Å². The number of allylic oxidation sites excluding steroid dienone is 2. The first-order valence-electron chi connectivity index (χ1n) is 7.26. The van der Waals surface area contributed by atoms with Crippen LogP contribution < -0.4 is 5.32 Å². The summed E-state index contributed by atoms with van der Waals surface area (Å²) in [6.07, 6.45) is 0. The van der Waals surface area contributed by atoms with E-state index in [0.717, 1.165) is 0 Å². The van der Waals surface area contributed by atoms with Crippen LogP contribution in [-0.4, -0.2) is 16.8 Å². The second-order valence-corrected chi connectivity index (χ2v) is 5.06. The summed E-state index contributed by atoms with van der Waals surface area (Å²) in [5.74, 6) is -0.875. The minimum Gasteiger partial charge on any atom is -0.510 e. The number of aliphatic hydroxyl groups is 1. The van der Waals surface area contributed by atoms with Gasteiger partial charge in [0, 0.05) is 18.2 Å². The van der Waals surface area contributed by atoms with Gasteiger partial charge in [0.05, 0.1) is 5.69 Å². The summed E-state index contributed by atoms with van der Waals surface area (Å²) < 4.78 is 0. The zero-order chi connectivity index (χ0) is 17.5. The minimum atomic E-state index is -0.392. The first-order valence-corrected chi connectivity index (χ1v) is 7.26.